The smallest absolute Gasteiger partial charge is 0.0557 e. The Morgan fingerprint density at radius 1 is 1.58 bits per heavy atom. The van der Waals surface area contributed by atoms with Gasteiger partial charge in [-0.05, 0) is 11.5 Å². The summed E-state index contributed by atoms with van der Waals surface area (Å²) < 4.78 is 2.12. The lowest BCUT2D eigenvalue weighted by molar-refractivity contribution is 0.472. The van der Waals surface area contributed by atoms with Crippen molar-refractivity contribution >= 4 is 0 Å². The SMILES string of the molecule is CC(C)c1cnn2c1CNCC2. The monoisotopic (exact) mass is 165 g/mol. The molecule has 0 spiro atoms. The van der Waals surface area contributed by atoms with Crippen LogP contribution in [0.25, 0.3) is 0 Å². The second-order valence-corrected chi connectivity index (χ2v) is 3.60. The Bertz CT molecular complexity index is 275. The topological polar surface area (TPSA) is 29.9 Å². The molecule has 0 saturated heterocycles. The minimum atomic E-state index is 0.591. The second-order valence-electron chi connectivity index (χ2n) is 3.60. The first-order chi connectivity index (χ1) is 5.79. The lowest BCUT2D eigenvalue weighted by Gasteiger charge is -2.17. The van der Waals surface area contributed by atoms with E-state index in [1.807, 2.05) is 6.20 Å². The Balaban J connectivity index is 2.38. The number of nitrogens with one attached hydrogen (secondary N) is 1. The summed E-state index contributed by atoms with van der Waals surface area (Å²) in [4.78, 5) is 0. The zero-order valence-electron chi connectivity index (χ0n) is 7.67. The van der Waals surface area contributed by atoms with E-state index >= 15 is 0 Å². The Labute approximate surface area is 72.8 Å². The van der Waals surface area contributed by atoms with Crippen LogP contribution in [0.4, 0.5) is 0 Å². The van der Waals surface area contributed by atoms with Gasteiger partial charge in [0, 0.05) is 13.1 Å². The molecule has 0 saturated carbocycles. The van der Waals surface area contributed by atoms with Crippen LogP contribution in [0, 0.1) is 0 Å². The van der Waals surface area contributed by atoms with Crippen LogP contribution in [-0.2, 0) is 13.1 Å². The highest BCUT2D eigenvalue weighted by atomic mass is 15.3. The molecule has 0 aliphatic carbocycles. The summed E-state index contributed by atoms with van der Waals surface area (Å²) in [6.45, 7) is 7.47. The Morgan fingerprint density at radius 2 is 2.42 bits per heavy atom. The van der Waals surface area contributed by atoms with E-state index in [4.69, 9.17) is 0 Å². The van der Waals surface area contributed by atoms with Gasteiger partial charge in [0.2, 0.25) is 0 Å². The van der Waals surface area contributed by atoms with Crippen molar-refractivity contribution < 1.29 is 0 Å². The van der Waals surface area contributed by atoms with Crippen molar-refractivity contribution in [3.05, 3.63) is 17.5 Å². The average molecular weight is 165 g/mol. The fourth-order valence-corrected chi connectivity index (χ4v) is 1.69. The molecular weight excluding hydrogens is 150 g/mol. The van der Waals surface area contributed by atoms with Gasteiger partial charge in [-0.15, -0.1) is 0 Å². The standard InChI is InChI=1S/C9H15N3/c1-7(2)8-5-11-12-4-3-10-6-9(8)12/h5,7,10H,3-4,6H2,1-2H3. The van der Waals surface area contributed by atoms with Crippen LogP contribution in [0.2, 0.25) is 0 Å². The maximum atomic E-state index is 4.35. The van der Waals surface area contributed by atoms with E-state index in [0.717, 1.165) is 19.6 Å². The predicted octanol–water partition coefficient (Wildman–Crippen LogP) is 1.11. The van der Waals surface area contributed by atoms with Crippen LogP contribution < -0.4 is 5.32 Å². The zero-order chi connectivity index (χ0) is 8.55. The van der Waals surface area contributed by atoms with E-state index in [2.05, 4.69) is 28.9 Å². The van der Waals surface area contributed by atoms with Gasteiger partial charge in [-0.1, -0.05) is 13.8 Å². The Morgan fingerprint density at radius 3 is 3.17 bits per heavy atom. The van der Waals surface area contributed by atoms with Crippen LogP contribution in [0.5, 0.6) is 0 Å². The van der Waals surface area contributed by atoms with E-state index in [1.54, 1.807) is 0 Å². The number of hydrogen-bond donors (Lipinski definition) is 1. The number of rotatable bonds is 1. The molecule has 1 aromatic rings. The Hall–Kier alpha value is -0.830. The van der Waals surface area contributed by atoms with E-state index in [0.29, 0.717) is 5.92 Å². The van der Waals surface area contributed by atoms with E-state index in [-0.39, 0.29) is 0 Å². The van der Waals surface area contributed by atoms with E-state index < -0.39 is 0 Å². The second kappa shape index (κ2) is 2.90. The minimum absolute atomic E-state index is 0.591. The van der Waals surface area contributed by atoms with Gasteiger partial charge < -0.3 is 5.32 Å². The minimum Gasteiger partial charge on any atom is -0.309 e. The molecule has 0 fully saturated rings. The normalized spacial score (nSPS) is 16.6. The molecule has 0 amide bonds. The van der Waals surface area contributed by atoms with Crippen molar-refractivity contribution in [3.8, 4) is 0 Å². The van der Waals surface area contributed by atoms with Gasteiger partial charge in [0.25, 0.3) is 0 Å². The molecule has 0 unspecified atom stereocenters. The first-order valence-corrected chi connectivity index (χ1v) is 4.54. The molecule has 66 valence electrons. The molecule has 3 nitrogen and oxygen atoms in total. The third kappa shape index (κ3) is 1.14. The van der Waals surface area contributed by atoms with E-state index in [1.165, 1.54) is 11.3 Å². The average Bonchev–Trinajstić information content (AvgIpc) is 2.47. The first kappa shape index (κ1) is 7.80. The number of nitrogens with zero attached hydrogens (tertiary/aromatic N) is 2. The number of fused-ring (bicyclic) bond motifs is 1. The van der Waals surface area contributed by atoms with Crippen molar-refractivity contribution in [1.29, 1.82) is 0 Å². The van der Waals surface area contributed by atoms with Gasteiger partial charge in [-0.3, -0.25) is 4.68 Å². The molecule has 12 heavy (non-hydrogen) atoms. The summed E-state index contributed by atoms with van der Waals surface area (Å²) in [6.07, 6.45) is 2.01. The summed E-state index contributed by atoms with van der Waals surface area (Å²) in [7, 11) is 0. The van der Waals surface area contributed by atoms with Crippen LogP contribution >= 0.6 is 0 Å². The van der Waals surface area contributed by atoms with Crippen molar-refractivity contribution in [2.45, 2.75) is 32.9 Å². The van der Waals surface area contributed by atoms with Crippen molar-refractivity contribution in [2.75, 3.05) is 6.54 Å². The van der Waals surface area contributed by atoms with Crippen LogP contribution in [0.15, 0.2) is 6.20 Å². The molecule has 3 heteroatoms. The lowest BCUT2D eigenvalue weighted by Crippen LogP contribution is -2.29. The first-order valence-electron chi connectivity index (χ1n) is 4.54. The molecule has 1 aliphatic rings. The highest BCUT2D eigenvalue weighted by Crippen LogP contribution is 2.19. The highest BCUT2D eigenvalue weighted by molar-refractivity contribution is 5.22. The van der Waals surface area contributed by atoms with Gasteiger partial charge in [-0.25, -0.2) is 0 Å². The lowest BCUT2D eigenvalue weighted by atomic mass is 10.0. The molecule has 2 heterocycles. The molecular formula is C9H15N3. The third-order valence-corrected chi connectivity index (χ3v) is 2.40. The maximum Gasteiger partial charge on any atom is 0.0557 e. The molecule has 0 bridgehead atoms. The fourth-order valence-electron chi connectivity index (χ4n) is 1.69. The Kier molecular flexibility index (Phi) is 1.89. The van der Waals surface area contributed by atoms with Gasteiger partial charge in [-0.2, -0.15) is 5.10 Å². The van der Waals surface area contributed by atoms with E-state index in [9.17, 15) is 0 Å². The number of hydrogen-bond acceptors (Lipinski definition) is 2. The van der Waals surface area contributed by atoms with Crippen LogP contribution in [0.3, 0.4) is 0 Å². The largest absolute Gasteiger partial charge is 0.309 e. The number of aromatic nitrogens is 2. The molecule has 1 aliphatic heterocycles. The van der Waals surface area contributed by atoms with Gasteiger partial charge in [0.1, 0.15) is 0 Å². The van der Waals surface area contributed by atoms with Gasteiger partial charge in [0.05, 0.1) is 18.4 Å². The fraction of sp³-hybridized carbons (Fsp3) is 0.667. The van der Waals surface area contributed by atoms with Gasteiger partial charge >= 0.3 is 0 Å². The molecule has 1 N–H and O–H groups in total. The summed E-state index contributed by atoms with van der Waals surface area (Å²) in [6, 6.07) is 0. The van der Waals surface area contributed by atoms with Crippen LogP contribution in [0.1, 0.15) is 31.0 Å². The van der Waals surface area contributed by atoms with Crippen molar-refractivity contribution in [3.63, 3.8) is 0 Å². The van der Waals surface area contributed by atoms with Crippen molar-refractivity contribution in [1.82, 2.24) is 15.1 Å². The molecule has 0 radical (unpaired) electrons. The van der Waals surface area contributed by atoms with Crippen LogP contribution in [-0.4, -0.2) is 16.3 Å². The highest BCUT2D eigenvalue weighted by Gasteiger charge is 2.15. The zero-order valence-corrected chi connectivity index (χ0v) is 7.67. The predicted molar refractivity (Wildman–Crippen MR) is 48.0 cm³/mol. The third-order valence-electron chi connectivity index (χ3n) is 2.40. The summed E-state index contributed by atoms with van der Waals surface area (Å²) in [5.74, 6) is 0.591. The summed E-state index contributed by atoms with van der Waals surface area (Å²) in [5, 5.41) is 7.72. The van der Waals surface area contributed by atoms with Gasteiger partial charge in [0.15, 0.2) is 0 Å². The molecule has 0 aromatic carbocycles. The molecule has 0 atom stereocenters. The quantitative estimate of drug-likeness (QED) is 0.675. The summed E-state index contributed by atoms with van der Waals surface area (Å²) >= 11 is 0. The molecule has 2 rings (SSSR count). The van der Waals surface area contributed by atoms with Crippen molar-refractivity contribution in [2.24, 2.45) is 0 Å². The molecule has 1 aromatic heterocycles. The maximum absolute atomic E-state index is 4.35. The summed E-state index contributed by atoms with van der Waals surface area (Å²) in [5.41, 5.74) is 2.76.